The number of aliphatic imine (C=N–C) groups is 1. The standard InChI is InChI=1S/C9H18N4/c1-7-5-11-4-3-9(7)6-12-8(10)13(9)2/h7,11H,3-6H2,1-2H3,(H2,10,12). The zero-order chi connectivity index (χ0) is 9.47. The van der Waals surface area contributed by atoms with E-state index in [9.17, 15) is 0 Å². The predicted molar refractivity (Wildman–Crippen MR) is 53.6 cm³/mol. The van der Waals surface area contributed by atoms with Gasteiger partial charge in [-0.05, 0) is 25.4 Å². The SMILES string of the molecule is CC1CNCCC12CN=C(N)N2C. The molecule has 0 aliphatic carbocycles. The first-order valence-electron chi connectivity index (χ1n) is 4.91. The number of guanidine groups is 1. The first kappa shape index (κ1) is 8.81. The Morgan fingerprint density at radius 2 is 2.46 bits per heavy atom. The molecule has 1 saturated heterocycles. The first-order chi connectivity index (χ1) is 6.17. The van der Waals surface area contributed by atoms with Crippen molar-refractivity contribution in [2.75, 3.05) is 26.7 Å². The second-order valence-corrected chi connectivity index (χ2v) is 4.19. The van der Waals surface area contributed by atoms with Crippen molar-refractivity contribution in [2.45, 2.75) is 18.9 Å². The molecule has 0 radical (unpaired) electrons. The van der Waals surface area contributed by atoms with E-state index in [1.165, 1.54) is 0 Å². The van der Waals surface area contributed by atoms with Crippen LogP contribution in [0.3, 0.4) is 0 Å². The van der Waals surface area contributed by atoms with E-state index in [-0.39, 0.29) is 5.54 Å². The summed E-state index contributed by atoms with van der Waals surface area (Å²) in [6.45, 7) is 5.31. The molecule has 2 aliphatic rings. The van der Waals surface area contributed by atoms with Gasteiger partial charge in [-0.1, -0.05) is 6.92 Å². The lowest BCUT2D eigenvalue weighted by atomic mass is 9.79. The molecular weight excluding hydrogens is 164 g/mol. The fourth-order valence-corrected chi connectivity index (χ4v) is 2.45. The number of likely N-dealkylation sites (N-methyl/N-ethyl adjacent to an activating group) is 1. The highest BCUT2D eigenvalue weighted by Crippen LogP contribution is 2.33. The fourth-order valence-electron chi connectivity index (χ4n) is 2.45. The number of hydrogen-bond donors (Lipinski definition) is 2. The van der Waals surface area contributed by atoms with Crippen LogP contribution in [-0.4, -0.2) is 43.1 Å². The van der Waals surface area contributed by atoms with E-state index in [1.807, 2.05) is 0 Å². The molecule has 0 aromatic rings. The van der Waals surface area contributed by atoms with Gasteiger partial charge in [-0.15, -0.1) is 0 Å². The Morgan fingerprint density at radius 1 is 1.69 bits per heavy atom. The second kappa shape index (κ2) is 2.87. The van der Waals surface area contributed by atoms with E-state index in [0.29, 0.717) is 11.9 Å². The second-order valence-electron chi connectivity index (χ2n) is 4.19. The molecule has 2 aliphatic heterocycles. The minimum atomic E-state index is 0.204. The maximum atomic E-state index is 5.80. The number of hydrogen-bond acceptors (Lipinski definition) is 4. The van der Waals surface area contributed by atoms with Crippen molar-refractivity contribution >= 4 is 5.96 Å². The summed E-state index contributed by atoms with van der Waals surface area (Å²) in [7, 11) is 2.06. The Morgan fingerprint density at radius 3 is 3.00 bits per heavy atom. The zero-order valence-corrected chi connectivity index (χ0v) is 8.38. The van der Waals surface area contributed by atoms with Crippen molar-refractivity contribution < 1.29 is 0 Å². The number of nitrogens with two attached hydrogens (primary N) is 1. The van der Waals surface area contributed by atoms with Gasteiger partial charge < -0.3 is 16.0 Å². The van der Waals surface area contributed by atoms with E-state index in [4.69, 9.17) is 5.73 Å². The summed E-state index contributed by atoms with van der Waals surface area (Å²) in [6, 6.07) is 0. The highest BCUT2D eigenvalue weighted by Gasteiger charge is 2.45. The van der Waals surface area contributed by atoms with Gasteiger partial charge in [-0.3, -0.25) is 4.99 Å². The van der Waals surface area contributed by atoms with Crippen molar-refractivity contribution in [3.63, 3.8) is 0 Å². The Balaban J connectivity index is 2.20. The van der Waals surface area contributed by atoms with Crippen LogP contribution in [0.4, 0.5) is 0 Å². The molecule has 0 aromatic heterocycles. The van der Waals surface area contributed by atoms with Crippen LogP contribution in [0.2, 0.25) is 0 Å². The van der Waals surface area contributed by atoms with E-state index >= 15 is 0 Å². The van der Waals surface area contributed by atoms with Crippen LogP contribution < -0.4 is 11.1 Å². The highest BCUT2D eigenvalue weighted by atomic mass is 15.3. The monoisotopic (exact) mass is 182 g/mol. The maximum Gasteiger partial charge on any atom is 0.191 e. The van der Waals surface area contributed by atoms with Crippen LogP contribution in [0.15, 0.2) is 4.99 Å². The number of nitrogens with one attached hydrogen (secondary N) is 1. The average Bonchev–Trinajstić information content (AvgIpc) is 2.40. The van der Waals surface area contributed by atoms with Gasteiger partial charge in [0.15, 0.2) is 5.96 Å². The molecule has 0 aromatic carbocycles. The molecule has 0 saturated carbocycles. The van der Waals surface area contributed by atoms with Crippen LogP contribution in [-0.2, 0) is 0 Å². The summed E-state index contributed by atoms with van der Waals surface area (Å²) < 4.78 is 0. The van der Waals surface area contributed by atoms with E-state index in [1.54, 1.807) is 0 Å². The minimum absolute atomic E-state index is 0.204. The normalized spacial score (nSPS) is 39.7. The molecule has 3 N–H and O–H groups in total. The van der Waals surface area contributed by atoms with Gasteiger partial charge in [-0.2, -0.15) is 0 Å². The lowest BCUT2D eigenvalue weighted by Crippen LogP contribution is -2.59. The summed E-state index contributed by atoms with van der Waals surface area (Å²) >= 11 is 0. The van der Waals surface area contributed by atoms with Gasteiger partial charge in [0.2, 0.25) is 0 Å². The number of nitrogens with zero attached hydrogens (tertiary/aromatic N) is 2. The molecule has 1 fully saturated rings. The third kappa shape index (κ3) is 1.12. The molecule has 2 heterocycles. The van der Waals surface area contributed by atoms with Crippen molar-refractivity contribution in [1.82, 2.24) is 10.2 Å². The van der Waals surface area contributed by atoms with Crippen LogP contribution in [0, 0.1) is 5.92 Å². The molecule has 2 unspecified atom stereocenters. The molecule has 4 heteroatoms. The van der Waals surface area contributed by atoms with Crippen molar-refractivity contribution in [2.24, 2.45) is 16.6 Å². The van der Waals surface area contributed by atoms with Gasteiger partial charge in [0.25, 0.3) is 0 Å². The largest absolute Gasteiger partial charge is 0.370 e. The van der Waals surface area contributed by atoms with Crippen LogP contribution >= 0.6 is 0 Å². The van der Waals surface area contributed by atoms with Crippen LogP contribution in [0.25, 0.3) is 0 Å². The fraction of sp³-hybridized carbons (Fsp3) is 0.889. The van der Waals surface area contributed by atoms with E-state index in [0.717, 1.165) is 26.1 Å². The van der Waals surface area contributed by atoms with Crippen LogP contribution in [0.5, 0.6) is 0 Å². The van der Waals surface area contributed by atoms with Crippen molar-refractivity contribution in [3.8, 4) is 0 Å². The lowest BCUT2D eigenvalue weighted by Gasteiger charge is -2.45. The molecule has 1 spiro atoms. The maximum absolute atomic E-state index is 5.80. The summed E-state index contributed by atoms with van der Waals surface area (Å²) in [4.78, 5) is 6.50. The molecule has 13 heavy (non-hydrogen) atoms. The van der Waals surface area contributed by atoms with Gasteiger partial charge in [0.1, 0.15) is 0 Å². The zero-order valence-electron chi connectivity index (χ0n) is 8.38. The minimum Gasteiger partial charge on any atom is -0.370 e. The Hall–Kier alpha value is -0.770. The van der Waals surface area contributed by atoms with E-state index in [2.05, 4.69) is 29.2 Å². The van der Waals surface area contributed by atoms with Crippen LogP contribution in [0.1, 0.15) is 13.3 Å². The lowest BCUT2D eigenvalue weighted by molar-refractivity contribution is 0.113. The molecule has 74 valence electrons. The third-order valence-electron chi connectivity index (χ3n) is 3.63. The molecule has 2 rings (SSSR count). The Labute approximate surface area is 79.2 Å². The molecular formula is C9H18N4. The molecule has 0 bridgehead atoms. The predicted octanol–water partition coefficient (Wildman–Crippen LogP) is -0.385. The van der Waals surface area contributed by atoms with Gasteiger partial charge in [0.05, 0.1) is 12.1 Å². The summed E-state index contributed by atoms with van der Waals surface area (Å²) in [6.07, 6.45) is 1.15. The first-order valence-corrected chi connectivity index (χ1v) is 4.91. The molecule has 2 atom stereocenters. The van der Waals surface area contributed by atoms with Gasteiger partial charge >= 0.3 is 0 Å². The van der Waals surface area contributed by atoms with E-state index < -0.39 is 0 Å². The average molecular weight is 182 g/mol. The smallest absolute Gasteiger partial charge is 0.191 e. The Kier molecular flexibility index (Phi) is 1.95. The summed E-state index contributed by atoms with van der Waals surface area (Å²) in [5.74, 6) is 1.32. The van der Waals surface area contributed by atoms with Gasteiger partial charge in [0, 0.05) is 7.05 Å². The quantitative estimate of drug-likeness (QED) is 0.537. The number of piperidine rings is 1. The third-order valence-corrected chi connectivity index (χ3v) is 3.63. The van der Waals surface area contributed by atoms with Crippen molar-refractivity contribution in [3.05, 3.63) is 0 Å². The topological polar surface area (TPSA) is 53.6 Å². The molecule has 0 amide bonds. The van der Waals surface area contributed by atoms with Crippen molar-refractivity contribution in [1.29, 1.82) is 0 Å². The number of rotatable bonds is 0. The summed E-state index contributed by atoms with van der Waals surface area (Å²) in [5.41, 5.74) is 6.01. The molecule has 4 nitrogen and oxygen atoms in total. The summed E-state index contributed by atoms with van der Waals surface area (Å²) in [5, 5.41) is 3.40. The Bertz CT molecular complexity index is 238. The highest BCUT2D eigenvalue weighted by molar-refractivity contribution is 5.80. The van der Waals surface area contributed by atoms with Gasteiger partial charge in [-0.25, -0.2) is 0 Å².